The van der Waals surface area contributed by atoms with Gasteiger partial charge in [0.1, 0.15) is 11.5 Å². The standard InChI is InChI=1S/C18H21BrN6O/c1-11(2)25-17(5-6-22-25)24-12(3)7-14(13(24)4)9-21-23-18(26)16-8-15(19)10-20-16/h5-11,20H,1-4H3,(H,23,26)/b21-9-. The van der Waals surface area contributed by atoms with Crippen molar-refractivity contribution in [2.75, 3.05) is 0 Å². The molecule has 0 unspecified atom stereocenters. The molecule has 0 aromatic carbocycles. The summed E-state index contributed by atoms with van der Waals surface area (Å²) in [4.78, 5) is 14.9. The van der Waals surface area contributed by atoms with Crippen molar-refractivity contribution in [3.63, 3.8) is 0 Å². The normalized spacial score (nSPS) is 11.6. The van der Waals surface area contributed by atoms with E-state index in [0.29, 0.717) is 5.69 Å². The number of aromatic nitrogens is 4. The third-order valence-electron chi connectivity index (χ3n) is 4.10. The van der Waals surface area contributed by atoms with Gasteiger partial charge >= 0.3 is 0 Å². The molecule has 3 rings (SSSR count). The fourth-order valence-electron chi connectivity index (χ4n) is 2.87. The molecule has 1 amide bonds. The van der Waals surface area contributed by atoms with E-state index < -0.39 is 0 Å². The molecule has 8 heteroatoms. The van der Waals surface area contributed by atoms with Crippen LogP contribution in [0.1, 0.15) is 47.3 Å². The molecule has 0 saturated carbocycles. The second-order valence-corrected chi connectivity index (χ2v) is 7.24. The summed E-state index contributed by atoms with van der Waals surface area (Å²) >= 11 is 3.30. The maximum atomic E-state index is 12.0. The lowest BCUT2D eigenvalue weighted by atomic mass is 10.3. The number of aromatic amines is 1. The average Bonchev–Trinajstić information content (AvgIpc) is 3.28. The van der Waals surface area contributed by atoms with Crippen molar-refractivity contribution in [3.8, 4) is 5.82 Å². The van der Waals surface area contributed by atoms with Gasteiger partial charge in [0.15, 0.2) is 0 Å². The van der Waals surface area contributed by atoms with Gasteiger partial charge in [-0.25, -0.2) is 10.1 Å². The highest BCUT2D eigenvalue weighted by Gasteiger charge is 2.14. The molecular formula is C18H21BrN6O. The third kappa shape index (κ3) is 3.50. The van der Waals surface area contributed by atoms with E-state index in [1.807, 2.05) is 30.7 Å². The van der Waals surface area contributed by atoms with Crippen molar-refractivity contribution in [2.45, 2.75) is 33.7 Å². The Bertz CT molecular complexity index is 962. The van der Waals surface area contributed by atoms with Gasteiger partial charge in [-0.1, -0.05) is 0 Å². The topological polar surface area (TPSA) is 80.0 Å². The average molecular weight is 417 g/mol. The molecule has 0 radical (unpaired) electrons. The van der Waals surface area contributed by atoms with Gasteiger partial charge in [-0.2, -0.15) is 10.2 Å². The Balaban J connectivity index is 1.82. The van der Waals surface area contributed by atoms with E-state index in [0.717, 1.165) is 27.2 Å². The lowest BCUT2D eigenvalue weighted by molar-refractivity contribution is 0.0951. The van der Waals surface area contributed by atoms with Crippen molar-refractivity contribution < 1.29 is 4.79 Å². The minimum absolute atomic E-state index is 0.262. The summed E-state index contributed by atoms with van der Waals surface area (Å²) in [6, 6.07) is 5.99. The molecule has 7 nitrogen and oxygen atoms in total. The van der Waals surface area contributed by atoms with Gasteiger partial charge in [0, 0.05) is 39.7 Å². The summed E-state index contributed by atoms with van der Waals surface area (Å²) in [5, 5.41) is 8.49. The van der Waals surface area contributed by atoms with E-state index >= 15 is 0 Å². The summed E-state index contributed by atoms with van der Waals surface area (Å²) < 4.78 is 4.93. The van der Waals surface area contributed by atoms with Crippen LogP contribution in [0.25, 0.3) is 5.82 Å². The van der Waals surface area contributed by atoms with E-state index in [1.54, 1.807) is 24.7 Å². The minimum Gasteiger partial charge on any atom is -0.356 e. The molecule has 136 valence electrons. The molecule has 0 aliphatic heterocycles. The second-order valence-electron chi connectivity index (χ2n) is 6.32. The fourth-order valence-corrected chi connectivity index (χ4v) is 3.22. The Labute approximate surface area is 160 Å². The Hall–Kier alpha value is -2.61. The van der Waals surface area contributed by atoms with E-state index in [1.165, 1.54) is 0 Å². The second kappa shape index (κ2) is 7.33. The highest BCUT2D eigenvalue weighted by Crippen LogP contribution is 2.21. The number of hydrogen-bond donors (Lipinski definition) is 2. The largest absolute Gasteiger partial charge is 0.356 e. The maximum Gasteiger partial charge on any atom is 0.287 e. The van der Waals surface area contributed by atoms with E-state index in [4.69, 9.17) is 0 Å². The number of carbonyl (C=O) groups excluding carboxylic acids is 1. The molecule has 0 fully saturated rings. The zero-order chi connectivity index (χ0) is 18.8. The molecule has 0 bridgehead atoms. The number of nitrogens with one attached hydrogen (secondary N) is 2. The SMILES string of the molecule is Cc1cc(/C=N\NC(=O)c2cc(Br)c[nH]2)c(C)n1-c1ccnn1C(C)C. The highest BCUT2D eigenvalue weighted by atomic mass is 79.9. The lowest BCUT2D eigenvalue weighted by Gasteiger charge is -2.14. The molecule has 0 atom stereocenters. The quantitative estimate of drug-likeness (QED) is 0.490. The summed E-state index contributed by atoms with van der Waals surface area (Å²) in [5.74, 6) is 0.716. The number of halogens is 1. The van der Waals surface area contributed by atoms with Crippen LogP contribution in [-0.4, -0.2) is 31.5 Å². The third-order valence-corrected chi connectivity index (χ3v) is 4.56. The predicted molar refractivity (Wildman–Crippen MR) is 105 cm³/mol. The molecule has 2 N–H and O–H groups in total. The number of hydrogen-bond acceptors (Lipinski definition) is 3. The van der Waals surface area contributed by atoms with Crippen molar-refractivity contribution >= 4 is 28.1 Å². The molecule has 26 heavy (non-hydrogen) atoms. The van der Waals surface area contributed by atoms with E-state index in [9.17, 15) is 4.79 Å². The Morgan fingerprint density at radius 3 is 2.81 bits per heavy atom. The van der Waals surface area contributed by atoms with Crippen LogP contribution in [-0.2, 0) is 0 Å². The smallest absolute Gasteiger partial charge is 0.287 e. The lowest BCUT2D eigenvalue weighted by Crippen LogP contribution is -2.17. The zero-order valence-corrected chi connectivity index (χ0v) is 16.7. The molecule has 0 aliphatic rings. The Morgan fingerprint density at radius 2 is 2.15 bits per heavy atom. The van der Waals surface area contributed by atoms with Gasteiger partial charge in [0.05, 0.1) is 12.4 Å². The fraction of sp³-hybridized carbons (Fsp3) is 0.278. The van der Waals surface area contributed by atoms with Gasteiger partial charge in [0.2, 0.25) is 0 Å². The molecule has 3 aromatic rings. The number of aryl methyl sites for hydroxylation is 1. The first-order valence-corrected chi connectivity index (χ1v) is 9.08. The van der Waals surface area contributed by atoms with Gasteiger partial charge in [-0.15, -0.1) is 0 Å². The van der Waals surface area contributed by atoms with E-state index in [2.05, 4.69) is 55.0 Å². The van der Waals surface area contributed by atoms with Crippen LogP contribution in [0.3, 0.4) is 0 Å². The van der Waals surface area contributed by atoms with Crippen molar-refractivity contribution in [3.05, 3.63) is 57.7 Å². The van der Waals surface area contributed by atoms with Gasteiger partial charge in [-0.05, 0) is 55.8 Å². The van der Waals surface area contributed by atoms with Crippen molar-refractivity contribution in [1.82, 2.24) is 24.8 Å². The molecular weight excluding hydrogens is 396 g/mol. The van der Waals surface area contributed by atoms with Gasteiger partial charge in [-0.3, -0.25) is 4.79 Å². The minimum atomic E-state index is -0.293. The monoisotopic (exact) mass is 416 g/mol. The predicted octanol–water partition coefficient (Wildman–Crippen LogP) is 3.73. The number of carbonyl (C=O) groups is 1. The van der Waals surface area contributed by atoms with Crippen LogP contribution < -0.4 is 5.43 Å². The number of H-pyrrole nitrogens is 1. The highest BCUT2D eigenvalue weighted by molar-refractivity contribution is 9.10. The van der Waals surface area contributed by atoms with Gasteiger partial charge < -0.3 is 9.55 Å². The van der Waals surface area contributed by atoms with Crippen LogP contribution in [0, 0.1) is 13.8 Å². The summed E-state index contributed by atoms with van der Waals surface area (Å²) in [7, 11) is 0. The molecule has 0 spiro atoms. The number of hydrazone groups is 1. The van der Waals surface area contributed by atoms with E-state index in [-0.39, 0.29) is 11.9 Å². The summed E-state index contributed by atoms with van der Waals surface area (Å²) in [6.07, 6.45) is 5.16. The number of rotatable bonds is 5. The zero-order valence-electron chi connectivity index (χ0n) is 15.1. The molecule has 0 aliphatic carbocycles. The van der Waals surface area contributed by atoms with Crippen LogP contribution in [0.5, 0.6) is 0 Å². The first-order valence-electron chi connectivity index (χ1n) is 8.28. The number of nitrogens with zero attached hydrogens (tertiary/aromatic N) is 4. The van der Waals surface area contributed by atoms with Crippen molar-refractivity contribution in [1.29, 1.82) is 0 Å². The van der Waals surface area contributed by atoms with Crippen LogP contribution in [0.2, 0.25) is 0 Å². The molecule has 3 heterocycles. The Kier molecular flexibility index (Phi) is 5.13. The van der Waals surface area contributed by atoms with Gasteiger partial charge in [0.25, 0.3) is 5.91 Å². The first-order chi connectivity index (χ1) is 12.4. The van der Waals surface area contributed by atoms with Crippen LogP contribution in [0.15, 0.2) is 40.2 Å². The molecule has 3 aromatic heterocycles. The first kappa shape index (κ1) is 18.2. The summed E-state index contributed by atoms with van der Waals surface area (Å²) in [5.41, 5.74) is 6.02. The van der Waals surface area contributed by atoms with Crippen LogP contribution in [0.4, 0.5) is 0 Å². The summed E-state index contributed by atoms with van der Waals surface area (Å²) in [6.45, 7) is 8.26. The number of amides is 1. The van der Waals surface area contributed by atoms with Crippen LogP contribution >= 0.6 is 15.9 Å². The molecule has 0 saturated heterocycles. The maximum absolute atomic E-state index is 12.0. The van der Waals surface area contributed by atoms with Crippen molar-refractivity contribution in [2.24, 2.45) is 5.10 Å². The Morgan fingerprint density at radius 1 is 1.38 bits per heavy atom.